The van der Waals surface area contributed by atoms with Crippen LogP contribution in [0.1, 0.15) is 0 Å². The van der Waals surface area contributed by atoms with Gasteiger partial charge in [0.15, 0.2) is 6.20 Å². The van der Waals surface area contributed by atoms with Gasteiger partial charge in [-0.05, 0) is 0 Å². The standard InChI is InChI=1S/C3H2Cl2N2.BrH/c4-3-6-1-2-7(3)5;/h1-2H;1H. The highest BCUT2D eigenvalue weighted by molar-refractivity contribution is 6.28. The van der Waals surface area contributed by atoms with Crippen molar-refractivity contribution in [2.45, 2.75) is 0 Å². The lowest BCUT2D eigenvalue weighted by atomic mass is 11.0. The van der Waals surface area contributed by atoms with Crippen molar-refractivity contribution in [3.05, 3.63) is 17.7 Å². The predicted octanol–water partition coefficient (Wildman–Crippen LogP) is -2.04. The van der Waals surface area contributed by atoms with Crippen molar-refractivity contribution in [3.8, 4) is 0 Å². The molecule has 1 N–H and O–H groups in total. The molecular formula is C3H3BrCl2N2. The van der Waals surface area contributed by atoms with E-state index >= 15 is 0 Å². The molecule has 46 valence electrons. The monoisotopic (exact) mass is 216 g/mol. The lowest BCUT2D eigenvalue weighted by Gasteiger charge is -1.69. The number of nitrogens with zero attached hydrogens (tertiary/aromatic N) is 1. The molecule has 1 aromatic rings. The first-order chi connectivity index (χ1) is 3.30. The van der Waals surface area contributed by atoms with Gasteiger partial charge in [-0.2, -0.15) is 0 Å². The van der Waals surface area contributed by atoms with Gasteiger partial charge in [-0.15, -0.1) is 4.09 Å². The Morgan fingerprint density at radius 2 is 2.25 bits per heavy atom. The first-order valence-electron chi connectivity index (χ1n) is 1.71. The molecule has 0 atom stereocenters. The minimum absolute atomic E-state index is 0. The highest BCUT2D eigenvalue weighted by Gasteiger charge is 2.00. The van der Waals surface area contributed by atoms with Crippen LogP contribution in [0.25, 0.3) is 0 Å². The lowest BCUT2D eigenvalue weighted by molar-refractivity contribution is -0.515. The van der Waals surface area contributed by atoms with Gasteiger partial charge in [0.2, 0.25) is 0 Å². The minimum atomic E-state index is 0. The molecule has 0 aliphatic heterocycles. The van der Waals surface area contributed by atoms with Crippen LogP contribution in [0, 0.1) is 0 Å². The number of halogens is 3. The molecule has 0 radical (unpaired) electrons. The maximum absolute atomic E-state index is 5.40. The van der Waals surface area contributed by atoms with Gasteiger partial charge in [-0.25, -0.2) is 4.98 Å². The Kier molecular flexibility index (Phi) is 3.44. The molecule has 8 heavy (non-hydrogen) atoms. The Morgan fingerprint density at radius 1 is 1.62 bits per heavy atom. The molecule has 5 heteroatoms. The highest BCUT2D eigenvalue weighted by Crippen LogP contribution is 1.93. The first kappa shape index (κ1) is 8.27. The third-order valence-corrected chi connectivity index (χ3v) is 1.25. The van der Waals surface area contributed by atoms with Gasteiger partial charge in [0.1, 0.15) is 18.0 Å². The summed E-state index contributed by atoms with van der Waals surface area (Å²) in [6.07, 6.45) is 3.26. The Morgan fingerprint density at radius 3 is 2.38 bits per heavy atom. The first-order valence-corrected chi connectivity index (χ1v) is 2.43. The summed E-state index contributed by atoms with van der Waals surface area (Å²) in [4.78, 5) is 2.66. The van der Waals surface area contributed by atoms with E-state index in [0.29, 0.717) is 5.28 Å². The predicted molar refractivity (Wildman–Crippen MR) is 27.2 cm³/mol. The second kappa shape index (κ2) is 3.33. The summed E-state index contributed by atoms with van der Waals surface area (Å²) in [5.74, 6) is 0. The Hall–Kier alpha value is 0.270. The highest BCUT2D eigenvalue weighted by atomic mass is 79.9. The van der Waals surface area contributed by atoms with E-state index in [1.165, 1.54) is 4.09 Å². The zero-order valence-corrected chi connectivity index (χ0v) is 6.83. The van der Waals surface area contributed by atoms with Gasteiger partial charge in [0.25, 0.3) is 0 Å². The van der Waals surface area contributed by atoms with Gasteiger partial charge >= 0.3 is 5.28 Å². The summed E-state index contributed by atoms with van der Waals surface area (Å²) in [7, 11) is 0. The lowest BCUT2D eigenvalue weighted by Crippen LogP contribution is -3.00. The second-order valence-electron chi connectivity index (χ2n) is 1.06. The topological polar surface area (TPSA) is 19.7 Å². The quantitative estimate of drug-likeness (QED) is 0.517. The third-order valence-electron chi connectivity index (χ3n) is 0.595. The minimum Gasteiger partial charge on any atom is -1.00 e. The van der Waals surface area contributed by atoms with E-state index in [0.717, 1.165) is 0 Å². The Labute approximate surface area is 67.3 Å². The van der Waals surface area contributed by atoms with Crippen molar-refractivity contribution >= 4 is 23.4 Å². The van der Waals surface area contributed by atoms with Crippen LogP contribution in [0.15, 0.2) is 12.4 Å². The van der Waals surface area contributed by atoms with Crippen LogP contribution in [0.3, 0.4) is 0 Å². The van der Waals surface area contributed by atoms with Gasteiger partial charge in [-0.1, -0.05) is 0 Å². The van der Waals surface area contributed by atoms with Crippen molar-refractivity contribution in [1.82, 2.24) is 4.98 Å². The molecule has 0 bridgehead atoms. The molecule has 0 unspecified atom stereocenters. The SMILES string of the molecule is Clc1[nH]cc[n+]1Cl.[Br-]. The maximum atomic E-state index is 5.40. The number of hydrogen-bond donors (Lipinski definition) is 1. The molecular weight excluding hydrogens is 215 g/mol. The van der Waals surface area contributed by atoms with Gasteiger partial charge in [0.05, 0.1) is 0 Å². The molecule has 0 saturated heterocycles. The van der Waals surface area contributed by atoms with E-state index in [4.69, 9.17) is 23.4 Å². The number of hydrogen-bond acceptors (Lipinski definition) is 0. The van der Waals surface area contributed by atoms with Crippen LogP contribution in [0.4, 0.5) is 0 Å². The molecule has 0 saturated carbocycles. The molecule has 0 aliphatic carbocycles. The average Bonchev–Trinajstić information content (AvgIpc) is 1.91. The molecule has 0 amide bonds. The van der Waals surface area contributed by atoms with Crippen molar-refractivity contribution in [3.63, 3.8) is 0 Å². The summed E-state index contributed by atoms with van der Waals surface area (Å²) in [5, 5.41) is 0.418. The van der Waals surface area contributed by atoms with Crippen LogP contribution >= 0.6 is 23.4 Å². The van der Waals surface area contributed by atoms with Crippen molar-refractivity contribution in [2.75, 3.05) is 0 Å². The van der Waals surface area contributed by atoms with E-state index in [9.17, 15) is 0 Å². The van der Waals surface area contributed by atoms with Crippen LogP contribution in [0.2, 0.25) is 5.28 Å². The summed E-state index contributed by atoms with van der Waals surface area (Å²) < 4.78 is 1.27. The molecule has 0 aromatic carbocycles. The number of nitrogens with one attached hydrogen (secondary N) is 1. The fraction of sp³-hybridized carbons (Fsp3) is 0. The van der Waals surface area contributed by atoms with Crippen LogP contribution in [-0.2, 0) is 0 Å². The summed E-state index contributed by atoms with van der Waals surface area (Å²) in [6, 6.07) is 0. The molecule has 0 fully saturated rings. The number of aromatic nitrogens is 2. The Balaban J connectivity index is 0.000000490. The van der Waals surface area contributed by atoms with E-state index in [-0.39, 0.29) is 17.0 Å². The normalized spacial score (nSPS) is 8.25. The number of aromatic amines is 1. The van der Waals surface area contributed by atoms with Crippen LogP contribution in [-0.4, -0.2) is 4.98 Å². The van der Waals surface area contributed by atoms with Gasteiger partial charge < -0.3 is 17.0 Å². The molecule has 0 aliphatic rings. The van der Waals surface area contributed by atoms with E-state index in [2.05, 4.69) is 4.98 Å². The van der Waals surface area contributed by atoms with E-state index in [1.807, 2.05) is 0 Å². The maximum Gasteiger partial charge on any atom is 0.370 e. The zero-order chi connectivity index (χ0) is 5.28. The smallest absolute Gasteiger partial charge is 0.370 e. The fourth-order valence-electron chi connectivity index (χ4n) is 0.299. The third kappa shape index (κ3) is 1.65. The van der Waals surface area contributed by atoms with Crippen molar-refractivity contribution in [1.29, 1.82) is 0 Å². The van der Waals surface area contributed by atoms with Crippen molar-refractivity contribution < 1.29 is 21.1 Å². The zero-order valence-electron chi connectivity index (χ0n) is 3.74. The average molecular weight is 218 g/mol. The largest absolute Gasteiger partial charge is 1.00 e. The molecule has 1 heterocycles. The van der Waals surface area contributed by atoms with E-state index in [1.54, 1.807) is 12.4 Å². The molecule has 2 nitrogen and oxygen atoms in total. The second-order valence-corrected chi connectivity index (χ2v) is 1.78. The number of H-pyrrole nitrogens is 1. The fourth-order valence-corrected chi connectivity index (χ4v) is 0.523. The Bertz CT molecular complexity index is 148. The number of rotatable bonds is 0. The molecule has 0 spiro atoms. The van der Waals surface area contributed by atoms with Crippen LogP contribution < -0.4 is 21.1 Å². The van der Waals surface area contributed by atoms with Crippen molar-refractivity contribution in [2.24, 2.45) is 0 Å². The molecule has 1 aromatic heterocycles. The summed E-state index contributed by atoms with van der Waals surface area (Å²) in [5.41, 5.74) is 0. The van der Waals surface area contributed by atoms with E-state index < -0.39 is 0 Å². The van der Waals surface area contributed by atoms with Gasteiger partial charge in [-0.3, -0.25) is 0 Å². The van der Waals surface area contributed by atoms with Gasteiger partial charge in [0, 0.05) is 11.6 Å². The molecule has 1 rings (SSSR count). The summed E-state index contributed by atoms with van der Waals surface area (Å²) in [6.45, 7) is 0. The summed E-state index contributed by atoms with van der Waals surface area (Å²) >= 11 is 10.8. The number of imidazole rings is 1. The van der Waals surface area contributed by atoms with Crippen LogP contribution in [0.5, 0.6) is 0 Å².